The van der Waals surface area contributed by atoms with Gasteiger partial charge in [-0.05, 0) is 32.0 Å². The molecule has 1 aromatic carbocycles. The van der Waals surface area contributed by atoms with Crippen LogP contribution in [0.3, 0.4) is 0 Å². The van der Waals surface area contributed by atoms with Crippen LogP contribution in [0.4, 0.5) is 0 Å². The largest absolute Gasteiger partial charge is 0.478 e. The molecular formula is C20H28O10. The molecule has 1 rings (SSSR count). The van der Waals surface area contributed by atoms with Crippen molar-refractivity contribution in [3.8, 4) is 0 Å². The number of methoxy groups -OCH3 is 1. The fourth-order valence-corrected chi connectivity index (χ4v) is 2.19. The summed E-state index contributed by atoms with van der Waals surface area (Å²) < 4.78 is 25.8. The lowest BCUT2D eigenvalue weighted by Gasteiger charge is -2.15. The van der Waals surface area contributed by atoms with Crippen molar-refractivity contribution >= 4 is 17.9 Å². The van der Waals surface area contributed by atoms with Crippen LogP contribution in [-0.4, -0.2) is 87.1 Å². The first-order valence-corrected chi connectivity index (χ1v) is 9.34. The second kappa shape index (κ2) is 13.6. The van der Waals surface area contributed by atoms with Gasteiger partial charge in [0, 0.05) is 7.11 Å². The minimum atomic E-state index is -1.35. The molecule has 10 nitrogen and oxygen atoms in total. The van der Waals surface area contributed by atoms with E-state index in [-0.39, 0.29) is 36.0 Å². The van der Waals surface area contributed by atoms with E-state index < -0.39 is 30.6 Å². The van der Waals surface area contributed by atoms with Gasteiger partial charge in [0.2, 0.25) is 0 Å². The van der Waals surface area contributed by atoms with E-state index in [1.54, 1.807) is 14.0 Å². The number of carbonyl (C=O) groups is 3. The first kappa shape index (κ1) is 25.5. The lowest BCUT2D eigenvalue weighted by Crippen LogP contribution is -2.22. The number of carboxylic acids is 1. The van der Waals surface area contributed by atoms with Crippen LogP contribution in [0.1, 0.15) is 44.9 Å². The maximum atomic E-state index is 12.2. The number of carbonyl (C=O) groups excluding carboxylic acids is 2. The van der Waals surface area contributed by atoms with Gasteiger partial charge in [0.15, 0.2) is 0 Å². The van der Waals surface area contributed by atoms with Gasteiger partial charge in [-0.15, -0.1) is 0 Å². The van der Waals surface area contributed by atoms with Gasteiger partial charge in [0.05, 0.1) is 55.3 Å². The zero-order valence-electron chi connectivity index (χ0n) is 17.3. The Morgan fingerprint density at radius 1 is 0.933 bits per heavy atom. The number of aliphatic hydroxyl groups is 1. The van der Waals surface area contributed by atoms with E-state index in [1.807, 2.05) is 6.92 Å². The molecule has 0 saturated heterocycles. The van der Waals surface area contributed by atoms with Crippen LogP contribution in [0.25, 0.3) is 0 Å². The molecule has 0 aromatic heterocycles. The van der Waals surface area contributed by atoms with Gasteiger partial charge in [-0.3, -0.25) is 0 Å². The Hall–Kier alpha value is -2.53. The number of hydrogen-bond acceptors (Lipinski definition) is 9. The van der Waals surface area contributed by atoms with E-state index in [1.165, 1.54) is 6.07 Å². The van der Waals surface area contributed by atoms with Gasteiger partial charge < -0.3 is 33.9 Å². The predicted octanol–water partition coefficient (Wildman–Crippen LogP) is 1.15. The SMILES string of the molecule is COC(C)COCCOC(C)COC(=O)c1ccc(C(=O)O)c(C(=O)OCCO)c1. The third kappa shape index (κ3) is 8.87. The molecule has 2 N–H and O–H groups in total. The summed E-state index contributed by atoms with van der Waals surface area (Å²) in [5.74, 6) is -3.06. The summed E-state index contributed by atoms with van der Waals surface area (Å²) in [5, 5.41) is 17.9. The summed E-state index contributed by atoms with van der Waals surface area (Å²) in [7, 11) is 1.59. The lowest BCUT2D eigenvalue weighted by molar-refractivity contribution is -0.0376. The molecule has 0 spiro atoms. The molecule has 0 fully saturated rings. The first-order valence-electron chi connectivity index (χ1n) is 9.34. The fourth-order valence-electron chi connectivity index (χ4n) is 2.19. The van der Waals surface area contributed by atoms with E-state index in [0.717, 1.165) is 12.1 Å². The van der Waals surface area contributed by atoms with Crippen LogP contribution in [0.2, 0.25) is 0 Å². The van der Waals surface area contributed by atoms with E-state index in [0.29, 0.717) is 19.8 Å². The van der Waals surface area contributed by atoms with Gasteiger partial charge >= 0.3 is 17.9 Å². The Morgan fingerprint density at radius 3 is 2.30 bits per heavy atom. The topological polar surface area (TPSA) is 138 Å². The third-order valence-corrected chi connectivity index (χ3v) is 3.86. The quantitative estimate of drug-likeness (QED) is 0.328. The highest BCUT2D eigenvalue weighted by Crippen LogP contribution is 2.15. The van der Waals surface area contributed by atoms with Crippen molar-refractivity contribution in [1.29, 1.82) is 0 Å². The fraction of sp³-hybridized carbons (Fsp3) is 0.550. The number of aromatic carboxylic acids is 1. The molecule has 0 bridgehead atoms. The van der Waals surface area contributed by atoms with Crippen LogP contribution in [0, 0.1) is 0 Å². The van der Waals surface area contributed by atoms with Crippen molar-refractivity contribution in [3.63, 3.8) is 0 Å². The Kier molecular flexibility index (Phi) is 11.6. The van der Waals surface area contributed by atoms with Gasteiger partial charge in [0.25, 0.3) is 0 Å². The molecule has 0 heterocycles. The summed E-state index contributed by atoms with van der Waals surface area (Å²) in [6, 6.07) is 3.44. The predicted molar refractivity (Wildman–Crippen MR) is 104 cm³/mol. The highest BCUT2D eigenvalue weighted by Gasteiger charge is 2.21. The smallest absolute Gasteiger partial charge is 0.339 e. The van der Waals surface area contributed by atoms with Crippen LogP contribution in [0.15, 0.2) is 18.2 Å². The molecule has 10 heteroatoms. The Balaban J connectivity index is 2.58. The van der Waals surface area contributed by atoms with E-state index in [9.17, 15) is 19.5 Å². The van der Waals surface area contributed by atoms with Crippen LogP contribution < -0.4 is 0 Å². The number of aliphatic hydroxyl groups excluding tert-OH is 1. The minimum Gasteiger partial charge on any atom is -0.478 e. The number of hydrogen-bond donors (Lipinski definition) is 2. The average Bonchev–Trinajstić information content (AvgIpc) is 2.74. The number of esters is 2. The van der Waals surface area contributed by atoms with Crippen molar-refractivity contribution in [3.05, 3.63) is 34.9 Å². The molecule has 0 amide bonds. The molecule has 0 aliphatic carbocycles. The molecule has 0 aliphatic heterocycles. The molecule has 30 heavy (non-hydrogen) atoms. The molecule has 2 atom stereocenters. The second-order valence-electron chi connectivity index (χ2n) is 6.33. The van der Waals surface area contributed by atoms with Crippen molar-refractivity contribution < 1.29 is 48.3 Å². The number of ether oxygens (including phenoxy) is 5. The normalized spacial score (nSPS) is 12.8. The van der Waals surface area contributed by atoms with E-state index in [2.05, 4.69) is 0 Å². The maximum Gasteiger partial charge on any atom is 0.339 e. The molecule has 0 aliphatic rings. The monoisotopic (exact) mass is 428 g/mol. The van der Waals surface area contributed by atoms with Gasteiger partial charge in [0.1, 0.15) is 13.2 Å². The highest BCUT2D eigenvalue weighted by atomic mass is 16.6. The van der Waals surface area contributed by atoms with Crippen LogP contribution >= 0.6 is 0 Å². The maximum absolute atomic E-state index is 12.2. The third-order valence-electron chi connectivity index (χ3n) is 3.86. The molecule has 0 radical (unpaired) electrons. The molecule has 0 saturated carbocycles. The zero-order chi connectivity index (χ0) is 22.5. The van der Waals surface area contributed by atoms with Crippen molar-refractivity contribution in [2.45, 2.75) is 26.1 Å². The Bertz CT molecular complexity index is 703. The molecule has 1 aromatic rings. The van der Waals surface area contributed by atoms with E-state index >= 15 is 0 Å². The average molecular weight is 428 g/mol. The number of carboxylic acid groups (broad SMARTS) is 1. The Labute approximate surface area is 174 Å². The molecule has 2 unspecified atom stereocenters. The minimum absolute atomic E-state index is 0.0123. The second-order valence-corrected chi connectivity index (χ2v) is 6.33. The first-order chi connectivity index (χ1) is 14.3. The highest BCUT2D eigenvalue weighted by molar-refractivity contribution is 6.04. The molecule has 168 valence electrons. The van der Waals surface area contributed by atoms with Gasteiger partial charge in [-0.25, -0.2) is 14.4 Å². The van der Waals surface area contributed by atoms with Crippen molar-refractivity contribution in [2.24, 2.45) is 0 Å². The standard InChI is InChI=1S/C20H28O10/c1-13(26-3)11-27-8-9-28-14(2)12-30-19(24)15-4-5-16(18(22)23)17(10-15)20(25)29-7-6-21/h4-5,10,13-14,21H,6-9,11-12H2,1-3H3,(H,22,23). The number of rotatable bonds is 14. The van der Waals surface area contributed by atoms with Crippen molar-refractivity contribution in [2.75, 3.05) is 46.8 Å². The van der Waals surface area contributed by atoms with Crippen LogP contribution in [0.5, 0.6) is 0 Å². The summed E-state index contributed by atoms with van der Waals surface area (Å²) in [6.07, 6.45) is -0.411. The van der Waals surface area contributed by atoms with Crippen LogP contribution in [-0.2, 0) is 23.7 Å². The molecular weight excluding hydrogens is 400 g/mol. The van der Waals surface area contributed by atoms with Gasteiger partial charge in [-0.2, -0.15) is 0 Å². The summed E-state index contributed by atoms with van der Waals surface area (Å²) in [4.78, 5) is 35.6. The summed E-state index contributed by atoms with van der Waals surface area (Å²) in [5.41, 5.74) is -0.647. The summed E-state index contributed by atoms with van der Waals surface area (Å²) >= 11 is 0. The van der Waals surface area contributed by atoms with Gasteiger partial charge in [-0.1, -0.05) is 0 Å². The van der Waals surface area contributed by atoms with Crippen molar-refractivity contribution in [1.82, 2.24) is 0 Å². The Morgan fingerprint density at radius 2 is 1.67 bits per heavy atom. The number of benzene rings is 1. The zero-order valence-corrected chi connectivity index (χ0v) is 17.3. The summed E-state index contributed by atoms with van der Waals surface area (Å²) in [6.45, 7) is 3.96. The van der Waals surface area contributed by atoms with E-state index in [4.69, 9.17) is 28.8 Å². The lowest BCUT2D eigenvalue weighted by atomic mass is 10.0.